The molecule has 1 N–H and O–H groups in total. The maximum absolute atomic E-state index is 14.4. The highest BCUT2D eigenvalue weighted by molar-refractivity contribution is 7.90. The monoisotopic (exact) mass is 1010 g/mol. The predicted molar refractivity (Wildman–Crippen MR) is 270 cm³/mol. The number of aromatic nitrogens is 2. The Morgan fingerprint density at radius 2 is 1.81 bits per heavy atom. The third kappa shape index (κ3) is 11.4. The summed E-state index contributed by atoms with van der Waals surface area (Å²) >= 11 is 8.53. The Hall–Kier alpha value is -6.44. The molecule has 2 unspecified atom stereocenters. The molecule has 70 heavy (non-hydrogen) atoms. The number of ether oxygens (including phenoxy) is 5. The molecule has 0 saturated carbocycles. The normalized spacial score (nSPS) is 18.5. The number of nitrogens with zero attached hydrogens (tertiary/aromatic N) is 6. The molecule has 5 heterocycles. The van der Waals surface area contributed by atoms with Crippen molar-refractivity contribution in [3.8, 4) is 56.0 Å². The number of fused-ring (bicyclic) bond motifs is 8. The summed E-state index contributed by atoms with van der Waals surface area (Å²) in [4.78, 5) is 36.3. The van der Waals surface area contributed by atoms with Crippen LogP contribution in [-0.2, 0) is 32.4 Å². The minimum atomic E-state index is -3.27. The van der Waals surface area contributed by atoms with Crippen molar-refractivity contribution in [3.05, 3.63) is 124 Å². The van der Waals surface area contributed by atoms with Crippen LogP contribution in [0.25, 0.3) is 33.0 Å². The van der Waals surface area contributed by atoms with E-state index >= 15 is 0 Å². The zero-order chi connectivity index (χ0) is 49.7. The Bertz CT molecular complexity index is 3040. The number of rotatable bonds is 12. The number of carboxylic acid groups (broad SMARTS) is 1. The van der Waals surface area contributed by atoms with Crippen molar-refractivity contribution in [2.75, 3.05) is 66.0 Å². The maximum Gasteiger partial charge on any atom is 0.345 e. The van der Waals surface area contributed by atoms with E-state index in [-0.39, 0.29) is 37.3 Å². The van der Waals surface area contributed by atoms with Gasteiger partial charge in [0, 0.05) is 74.1 Å². The van der Waals surface area contributed by atoms with Crippen LogP contribution in [0.5, 0.6) is 23.0 Å². The molecule has 0 spiro atoms. The van der Waals surface area contributed by atoms with E-state index in [2.05, 4.69) is 31.5 Å². The fourth-order valence-corrected chi connectivity index (χ4v) is 11.0. The molecule has 4 bridgehead atoms. The molecule has 2 aromatic heterocycles. The predicted octanol–water partition coefficient (Wildman–Crippen LogP) is 8.45. The first-order valence-electron chi connectivity index (χ1n) is 22.3. The van der Waals surface area contributed by atoms with Gasteiger partial charge in [0.25, 0.3) is 0 Å². The number of halogens is 2. The second kappa shape index (κ2) is 21.7. The summed E-state index contributed by atoms with van der Waals surface area (Å²) in [6.07, 6.45) is 0.505. The molecule has 0 aliphatic carbocycles. The van der Waals surface area contributed by atoms with E-state index in [1.54, 1.807) is 55.8 Å². The van der Waals surface area contributed by atoms with Crippen LogP contribution in [0.1, 0.15) is 22.4 Å². The molecule has 3 atom stereocenters. The van der Waals surface area contributed by atoms with E-state index in [1.165, 1.54) is 36.8 Å². The number of sulfone groups is 1. The van der Waals surface area contributed by atoms with E-state index in [1.807, 2.05) is 44.3 Å². The van der Waals surface area contributed by atoms with E-state index in [9.17, 15) is 22.7 Å². The first kappa shape index (κ1) is 50.0. The quantitative estimate of drug-likeness (QED) is 0.116. The van der Waals surface area contributed by atoms with Crippen LogP contribution < -0.4 is 18.9 Å². The summed E-state index contributed by atoms with van der Waals surface area (Å²) in [5.74, 6) is 0.423. The van der Waals surface area contributed by atoms with Gasteiger partial charge < -0.3 is 28.8 Å². The number of aliphatic imine (C=N–C) groups is 2. The molecule has 3 aliphatic heterocycles. The first-order chi connectivity index (χ1) is 33.6. The van der Waals surface area contributed by atoms with Crippen molar-refractivity contribution in [2.24, 2.45) is 9.98 Å². The molecule has 0 amide bonds. The molecule has 6 aromatic rings. The van der Waals surface area contributed by atoms with Crippen LogP contribution in [0, 0.1) is 12.7 Å². The molecule has 19 heteroatoms. The Morgan fingerprint density at radius 3 is 2.54 bits per heavy atom. The van der Waals surface area contributed by atoms with E-state index < -0.39 is 33.8 Å². The molecule has 1 fully saturated rings. The average molecular weight is 1010 g/mol. The van der Waals surface area contributed by atoms with Crippen molar-refractivity contribution >= 4 is 56.4 Å². The van der Waals surface area contributed by atoms with Gasteiger partial charge in [-0.15, -0.1) is 11.3 Å². The highest BCUT2D eigenvalue weighted by Gasteiger charge is 2.33. The zero-order valence-electron chi connectivity index (χ0n) is 39.2. The number of thiophene rings is 1. The summed E-state index contributed by atoms with van der Waals surface area (Å²) < 4.78 is 70.9. The highest BCUT2D eigenvalue weighted by Crippen LogP contribution is 2.50. The SMILES string of the molecule is C=Nc1sc(-c2ccc(F)cc2)c2c1C(=NC)O[C@@H](C(=O)O)Cc1cc(ccc1OCc1ccnc(-c3ccccc3OC)n1)OCC(CN1CCN(C)C(CS(C)(=O)=O)C1)Oc1ccc-2c(C)c1Cl. The molecule has 4 aromatic carbocycles. The van der Waals surface area contributed by atoms with Crippen LogP contribution in [0.15, 0.2) is 101 Å². The second-order valence-corrected chi connectivity index (χ2v) is 20.6. The Kier molecular flexibility index (Phi) is 15.5. The molecule has 1 saturated heterocycles. The summed E-state index contributed by atoms with van der Waals surface area (Å²) in [7, 11) is 1.73. The van der Waals surface area contributed by atoms with Crippen LogP contribution in [-0.4, -0.2) is 136 Å². The summed E-state index contributed by atoms with van der Waals surface area (Å²) in [5, 5.41) is 11.6. The van der Waals surface area contributed by atoms with Gasteiger partial charge in [-0.05, 0) is 92.0 Å². The number of para-hydroxylation sites is 1. The van der Waals surface area contributed by atoms with E-state index in [0.29, 0.717) is 115 Å². The lowest BCUT2D eigenvalue weighted by Crippen LogP contribution is -2.56. The highest BCUT2D eigenvalue weighted by atomic mass is 35.5. The fraction of sp³-hybridized carbons (Fsp3) is 0.314. The largest absolute Gasteiger partial charge is 0.496 e. The Balaban J connectivity index is 1.22. The fourth-order valence-electron chi connectivity index (χ4n) is 8.57. The van der Waals surface area contributed by atoms with E-state index in [4.69, 9.17) is 40.3 Å². The molecule has 0 radical (unpaired) electrons. The smallest absolute Gasteiger partial charge is 0.345 e. The lowest BCUT2D eigenvalue weighted by molar-refractivity contribution is -0.145. The molecule has 366 valence electrons. The number of carboxylic acids is 1. The number of hydrogen-bond donors (Lipinski definition) is 1. The van der Waals surface area contributed by atoms with Gasteiger partial charge in [0.1, 0.15) is 63.0 Å². The number of hydrogen-bond acceptors (Lipinski definition) is 15. The lowest BCUT2D eigenvalue weighted by atomic mass is 9.94. The Morgan fingerprint density at radius 1 is 1.03 bits per heavy atom. The van der Waals surface area contributed by atoms with Gasteiger partial charge in [-0.25, -0.2) is 27.6 Å². The first-order valence-corrected chi connectivity index (χ1v) is 25.5. The third-order valence-corrected chi connectivity index (χ3v) is 14.8. The van der Waals surface area contributed by atoms with Crippen molar-refractivity contribution < 1.29 is 46.4 Å². The average Bonchev–Trinajstić information content (AvgIpc) is 3.72. The van der Waals surface area contributed by atoms with Crippen LogP contribution in [0.4, 0.5) is 9.39 Å². The zero-order valence-corrected chi connectivity index (χ0v) is 41.6. The van der Waals surface area contributed by atoms with Crippen molar-refractivity contribution in [3.63, 3.8) is 0 Å². The minimum absolute atomic E-state index is 0.00444. The molecular formula is C51H52ClFN6O9S2. The number of carbonyl (C=O) groups is 1. The lowest BCUT2D eigenvalue weighted by Gasteiger charge is -2.40. The van der Waals surface area contributed by atoms with Gasteiger partial charge >= 0.3 is 5.97 Å². The molecule has 3 aliphatic rings. The van der Waals surface area contributed by atoms with Crippen molar-refractivity contribution in [1.29, 1.82) is 0 Å². The molecule has 15 nitrogen and oxygen atoms in total. The minimum Gasteiger partial charge on any atom is -0.496 e. The Labute approximate surface area is 415 Å². The van der Waals surface area contributed by atoms with Crippen LogP contribution in [0.3, 0.4) is 0 Å². The number of methoxy groups -OCH3 is 1. The summed E-state index contributed by atoms with van der Waals surface area (Å²) in [6.45, 7) is 7.84. The van der Waals surface area contributed by atoms with Gasteiger partial charge in [-0.1, -0.05) is 41.9 Å². The van der Waals surface area contributed by atoms with Crippen molar-refractivity contribution in [1.82, 2.24) is 19.8 Å². The number of likely N-dealkylation sites (N-methyl/N-ethyl adjacent to an activating group) is 1. The topological polar surface area (TPSA) is 175 Å². The summed E-state index contributed by atoms with van der Waals surface area (Å²) in [5.41, 5.74) is 4.53. The summed E-state index contributed by atoms with van der Waals surface area (Å²) in [6, 6.07) is 23.6. The number of benzene rings is 4. The van der Waals surface area contributed by atoms with Crippen LogP contribution >= 0.6 is 22.9 Å². The van der Waals surface area contributed by atoms with E-state index in [0.717, 1.165) is 0 Å². The van der Waals surface area contributed by atoms with Gasteiger partial charge in [0.15, 0.2) is 5.82 Å². The van der Waals surface area contributed by atoms with Crippen LogP contribution in [0.2, 0.25) is 5.02 Å². The maximum atomic E-state index is 14.4. The molecule has 9 rings (SSSR count). The number of aliphatic carboxylic acids is 1. The third-order valence-electron chi connectivity index (χ3n) is 12.1. The standard InChI is InChI=1S/C51H52ClFN6O9S2/c1-30-38-16-18-42(46(30)52)67-37(26-59-22-21-58(4)35(25-59)29-70(6,62)63)28-65-36-15-17-40(66-27-34-19-20-56-48(57-34)39-9-7-8-10-41(39)64-5)32(23-36)24-43(51(60)61)68-49(54-2)45-44(38)47(69-50(45)55-3)31-11-13-33(53)14-12-31/h7-20,23,35,37,43H,3,21-22,24-29H2,1-2,4-6H3,(H,60,61)/t35?,37?,43-/m1/s1. The van der Waals surface area contributed by atoms with Gasteiger partial charge in [-0.2, -0.15) is 0 Å². The van der Waals surface area contributed by atoms with Gasteiger partial charge in [-0.3, -0.25) is 19.8 Å². The van der Waals surface area contributed by atoms with Gasteiger partial charge in [0.2, 0.25) is 12.0 Å². The van der Waals surface area contributed by atoms with Gasteiger partial charge in [0.05, 0.1) is 34.7 Å². The van der Waals surface area contributed by atoms with Crippen molar-refractivity contribution in [2.45, 2.75) is 38.2 Å². The number of piperazine rings is 1. The molecular weight excluding hydrogens is 959 g/mol. The second-order valence-electron chi connectivity index (χ2n) is 17.0.